The summed E-state index contributed by atoms with van der Waals surface area (Å²) in [5.74, 6) is -0.578. The molecule has 2 aliphatic rings. The van der Waals surface area contributed by atoms with Gasteiger partial charge in [-0.25, -0.2) is 4.39 Å². The van der Waals surface area contributed by atoms with E-state index in [0.717, 1.165) is 18.9 Å². The van der Waals surface area contributed by atoms with Crippen LogP contribution in [0.2, 0.25) is 0 Å². The van der Waals surface area contributed by atoms with E-state index in [1.54, 1.807) is 0 Å². The van der Waals surface area contributed by atoms with E-state index in [1.165, 1.54) is 25.0 Å². The van der Waals surface area contributed by atoms with Gasteiger partial charge in [0.1, 0.15) is 11.5 Å². The Hall–Kier alpha value is -1.69. The molecule has 1 N–H and O–H groups in total. The van der Waals surface area contributed by atoms with E-state index in [-0.39, 0.29) is 11.7 Å². The first-order chi connectivity index (χ1) is 9.54. The standard InChI is InChI=1S/C14H18FN3O2/c1-17-11-3-4-12(17)8-10(7-11)16-13-5-2-9(15)6-14(13)18(19)20/h2,5-6,10-12,16H,3-4,7-8H2,1H3. The second-order valence-electron chi connectivity index (χ2n) is 5.78. The average molecular weight is 279 g/mol. The molecule has 2 unspecified atom stereocenters. The van der Waals surface area contributed by atoms with Gasteiger partial charge in [-0.05, 0) is 44.9 Å². The highest BCUT2D eigenvalue weighted by Gasteiger charge is 2.38. The zero-order valence-electron chi connectivity index (χ0n) is 11.4. The van der Waals surface area contributed by atoms with Gasteiger partial charge in [0.05, 0.1) is 11.0 Å². The lowest BCUT2D eigenvalue weighted by molar-refractivity contribution is -0.384. The van der Waals surface area contributed by atoms with Crippen LogP contribution in [-0.2, 0) is 0 Å². The molecule has 0 aromatic heterocycles. The summed E-state index contributed by atoms with van der Waals surface area (Å²) in [6.07, 6.45) is 4.37. The molecule has 2 fully saturated rings. The van der Waals surface area contributed by atoms with Crippen LogP contribution in [0, 0.1) is 15.9 Å². The first kappa shape index (κ1) is 13.3. The molecule has 108 valence electrons. The third-order valence-corrected chi connectivity index (χ3v) is 4.61. The number of hydrogen-bond acceptors (Lipinski definition) is 4. The number of halogens is 1. The van der Waals surface area contributed by atoms with Crippen molar-refractivity contribution < 1.29 is 9.31 Å². The number of nitro benzene ring substituents is 1. The van der Waals surface area contributed by atoms with Crippen LogP contribution in [-0.4, -0.2) is 35.0 Å². The minimum absolute atomic E-state index is 0.184. The topological polar surface area (TPSA) is 58.4 Å². The lowest BCUT2D eigenvalue weighted by atomic mass is 9.97. The maximum absolute atomic E-state index is 13.1. The number of benzene rings is 1. The van der Waals surface area contributed by atoms with Gasteiger partial charge in [-0.2, -0.15) is 0 Å². The van der Waals surface area contributed by atoms with Crippen molar-refractivity contribution in [1.82, 2.24) is 4.90 Å². The number of rotatable bonds is 3. The van der Waals surface area contributed by atoms with Crippen LogP contribution in [0.25, 0.3) is 0 Å². The Balaban J connectivity index is 1.77. The molecule has 2 heterocycles. The van der Waals surface area contributed by atoms with Gasteiger partial charge in [-0.15, -0.1) is 0 Å². The predicted octanol–water partition coefficient (Wildman–Crippen LogP) is 2.77. The van der Waals surface area contributed by atoms with Crippen LogP contribution in [0.3, 0.4) is 0 Å². The number of nitrogens with one attached hydrogen (secondary N) is 1. The molecule has 0 saturated carbocycles. The fourth-order valence-corrected chi connectivity index (χ4v) is 3.53. The summed E-state index contributed by atoms with van der Waals surface area (Å²) in [5.41, 5.74) is 0.238. The van der Waals surface area contributed by atoms with Crippen LogP contribution in [0.1, 0.15) is 25.7 Å². The minimum atomic E-state index is -0.578. The number of anilines is 1. The van der Waals surface area contributed by atoms with E-state index >= 15 is 0 Å². The lowest BCUT2D eigenvalue weighted by Gasteiger charge is -2.36. The van der Waals surface area contributed by atoms with Crippen molar-refractivity contribution >= 4 is 11.4 Å². The SMILES string of the molecule is CN1C2CCC1CC(Nc1ccc(F)cc1[N+](=O)[O-])C2. The van der Waals surface area contributed by atoms with Crippen molar-refractivity contribution in [2.24, 2.45) is 0 Å². The van der Waals surface area contributed by atoms with E-state index in [0.29, 0.717) is 17.8 Å². The monoisotopic (exact) mass is 279 g/mol. The number of nitro groups is 1. The van der Waals surface area contributed by atoms with Crippen molar-refractivity contribution in [2.75, 3.05) is 12.4 Å². The maximum atomic E-state index is 13.1. The third-order valence-electron chi connectivity index (χ3n) is 4.61. The molecule has 0 spiro atoms. The van der Waals surface area contributed by atoms with Crippen LogP contribution in [0.5, 0.6) is 0 Å². The summed E-state index contributed by atoms with van der Waals surface area (Å²) >= 11 is 0. The van der Waals surface area contributed by atoms with Crippen molar-refractivity contribution in [3.05, 3.63) is 34.1 Å². The Morgan fingerprint density at radius 3 is 2.60 bits per heavy atom. The largest absolute Gasteiger partial charge is 0.377 e. The first-order valence-electron chi connectivity index (χ1n) is 6.97. The van der Waals surface area contributed by atoms with Gasteiger partial charge >= 0.3 is 0 Å². The molecule has 1 aromatic carbocycles. The molecule has 0 amide bonds. The molecule has 0 radical (unpaired) electrons. The van der Waals surface area contributed by atoms with Gasteiger partial charge in [-0.1, -0.05) is 0 Å². The molecule has 2 atom stereocenters. The van der Waals surface area contributed by atoms with E-state index in [9.17, 15) is 14.5 Å². The summed E-state index contributed by atoms with van der Waals surface area (Å²) in [6, 6.07) is 5.06. The van der Waals surface area contributed by atoms with Gasteiger partial charge in [0.2, 0.25) is 0 Å². The van der Waals surface area contributed by atoms with Crippen LogP contribution >= 0.6 is 0 Å². The van der Waals surface area contributed by atoms with Crippen LogP contribution < -0.4 is 5.32 Å². The fourth-order valence-electron chi connectivity index (χ4n) is 3.53. The number of fused-ring (bicyclic) bond motifs is 2. The average Bonchev–Trinajstić information content (AvgIpc) is 2.63. The van der Waals surface area contributed by atoms with Gasteiger partial charge in [-0.3, -0.25) is 10.1 Å². The van der Waals surface area contributed by atoms with E-state index in [4.69, 9.17) is 0 Å². The molecular formula is C14H18FN3O2. The van der Waals surface area contributed by atoms with Gasteiger partial charge in [0.25, 0.3) is 5.69 Å². The number of nitrogens with zero attached hydrogens (tertiary/aromatic N) is 2. The van der Waals surface area contributed by atoms with Crippen molar-refractivity contribution in [2.45, 2.75) is 43.8 Å². The molecule has 1 aromatic rings. The number of hydrogen-bond donors (Lipinski definition) is 1. The summed E-state index contributed by atoms with van der Waals surface area (Å²) in [4.78, 5) is 12.9. The van der Waals surface area contributed by atoms with Crippen molar-refractivity contribution in [1.29, 1.82) is 0 Å². The Kier molecular flexibility index (Phi) is 3.33. The Morgan fingerprint density at radius 2 is 2.00 bits per heavy atom. The van der Waals surface area contributed by atoms with E-state index in [1.807, 2.05) is 0 Å². The van der Waals surface area contributed by atoms with Gasteiger partial charge < -0.3 is 10.2 Å². The Bertz CT molecular complexity index is 523. The molecule has 20 heavy (non-hydrogen) atoms. The van der Waals surface area contributed by atoms with Crippen LogP contribution in [0.4, 0.5) is 15.8 Å². The van der Waals surface area contributed by atoms with Crippen molar-refractivity contribution in [3.8, 4) is 0 Å². The minimum Gasteiger partial charge on any atom is -0.377 e. The zero-order chi connectivity index (χ0) is 14.3. The summed E-state index contributed by atoms with van der Waals surface area (Å²) in [6.45, 7) is 0. The van der Waals surface area contributed by atoms with Crippen LogP contribution in [0.15, 0.2) is 18.2 Å². The normalized spacial score (nSPS) is 29.4. The first-order valence-corrected chi connectivity index (χ1v) is 6.97. The molecule has 0 aliphatic carbocycles. The van der Waals surface area contributed by atoms with Gasteiger partial charge in [0, 0.05) is 18.1 Å². The molecule has 2 saturated heterocycles. The second-order valence-corrected chi connectivity index (χ2v) is 5.78. The quantitative estimate of drug-likeness (QED) is 0.682. The highest BCUT2D eigenvalue weighted by atomic mass is 19.1. The second kappa shape index (κ2) is 5.01. The van der Waals surface area contributed by atoms with Crippen molar-refractivity contribution in [3.63, 3.8) is 0 Å². The van der Waals surface area contributed by atoms with Gasteiger partial charge in [0.15, 0.2) is 0 Å². The fraction of sp³-hybridized carbons (Fsp3) is 0.571. The lowest BCUT2D eigenvalue weighted by Crippen LogP contribution is -2.44. The summed E-state index contributed by atoms with van der Waals surface area (Å²) in [5, 5.41) is 14.2. The maximum Gasteiger partial charge on any atom is 0.295 e. The number of piperidine rings is 1. The van der Waals surface area contributed by atoms with E-state index < -0.39 is 10.7 Å². The summed E-state index contributed by atoms with van der Waals surface area (Å²) in [7, 11) is 2.15. The highest BCUT2D eigenvalue weighted by Crippen LogP contribution is 2.36. The molecule has 6 heteroatoms. The molecule has 2 aliphatic heterocycles. The third kappa shape index (κ3) is 2.35. The predicted molar refractivity (Wildman–Crippen MR) is 74.3 cm³/mol. The van der Waals surface area contributed by atoms with E-state index in [2.05, 4.69) is 17.3 Å². The molecular weight excluding hydrogens is 261 g/mol. The zero-order valence-corrected chi connectivity index (χ0v) is 11.4. The molecule has 5 nitrogen and oxygen atoms in total. The molecule has 3 rings (SSSR count). The highest BCUT2D eigenvalue weighted by molar-refractivity contribution is 5.61. The summed E-state index contributed by atoms with van der Waals surface area (Å²) < 4.78 is 13.1. The smallest absolute Gasteiger partial charge is 0.295 e. The Labute approximate surface area is 116 Å². The molecule has 2 bridgehead atoms. The Morgan fingerprint density at radius 1 is 1.35 bits per heavy atom.